The normalized spacial score (nSPS) is 11.7. The predicted molar refractivity (Wildman–Crippen MR) is 95.6 cm³/mol. The number of hydrogen-bond donors (Lipinski definition) is 0. The van der Waals surface area contributed by atoms with Gasteiger partial charge in [-0.05, 0) is 48.2 Å². The highest BCUT2D eigenvalue weighted by Gasteiger charge is 2.06. The van der Waals surface area contributed by atoms with Gasteiger partial charge in [0.2, 0.25) is 5.88 Å². The van der Waals surface area contributed by atoms with Crippen molar-refractivity contribution in [1.29, 1.82) is 0 Å². The Kier molecular flexibility index (Phi) is 5.46. The van der Waals surface area contributed by atoms with Crippen LogP contribution in [-0.2, 0) is 6.42 Å². The lowest BCUT2D eigenvalue weighted by atomic mass is 10.0. The van der Waals surface area contributed by atoms with E-state index in [1.54, 1.807) is 6.20 Å². The van der Waals surface area contributed by atoms with Gasteiger partial charge in [0, 0.05) is 12.3 Å². The lowest BCUT2D eigenvalue weighted by Gasteiger charge is -2.13. The maximum atomic E-state index is 5.81. The molecular weight excluding hydrogens is 298 g/mol. The summed E-state index contributed by atoms with van der Waals surface area (Å²) in [6, 6.07) is 23.7. The minimum Gasteiger partial charge on any atom is -0.477 e. The SMILES string of the molecule is CC(COc1ccccn1)Cc1ccc(Oc2ccccc2)cc1. The fraction of sp³-hybridized carbons (Fsp3) is 0.190. The number of nitrogens with zero attached hydrogens (tertiary/aromatic N) is 1. The Morgan fingerprint density at radius 2 is 1.54 bits per heavy atom. The van der Waals surface area contributed by atoms with E-state index in [1.807, 2.05) is 60.7 Å². The number of hydrogen-bond acceptors (Lipinski definition) is 3. The molecule has 122 valence electrons. The fourth-order valence-electron chi connectivity index (χ4n) is 2.44. The number of aromatic nitrogens is 1. The van der Waals surface area contributed by atoms with Crippen molar-refractivity contribution in [3.8, 4) is 17.4 Å². The molecule has 0 saturated heterocycles. The predicted octanol–water partition coefficient (Wildman–Crippen LogP) is 5.13. The molecule has 0 radical (unpaired) electrons. The van der Waals surface area contributed by atoms with E-state index < -0.39 is 0 Å². The highest BCUT2D eigenvalue weighted by molar-refractivity contribution is 5.33. The summed E-state index contributed by atoms with van der Waals surface area (Å²) < 4.78 is 11.5. The summed E-state index contributed by atoms with van der Waals surface area (Å²) in [6.45, 7) is 2.83. The van der Waals surface area contributed by atoms with E-state index in [0.29, 0.717) is 18.4 Å². The summed E-state index contributed by atoms with van der Waals surface area (Å²) in [5, 5.41) is 0. The molecule has 1 atom stereocenters. The third-order valence-corrected chi connectivity index (χ3v) is 3.64. The molecule has 0 saturated carbocycles. The Labute approximate surface area is 142 Å². The second kappa shape index (κ2) is 8.16. The molecule has 1 aromatic heterocycles. The maximum Gasteiger partial charge on any atom is 0.213 e. The van der Waals surface area contributed by atoms with Crippen molar-refractivity contribution in [2.45, 2.75) is 13.3 Å². The summed E-state index contributed by atoms with van der Waals surface area (Å²) in [5.41, 5.74) is 1.27. The molecule has 0 amide bonds. The Bertz CT molecular complexity index is 727. The van der Waals surface area contributed by atoms with Crippen LogP contribution in [-0.4, -0.2) is 11.6 Å². The molecule has 0 aliphatic rings. The number of rotatable bonds is 7. The van der Waals surface area contributed by atoms with E-state index in [9.17, 15) is 0 Å². The molecule has 1 heterocycles. The maximum absolute atomic E-state index is 5.81. The number of pyridine rings is 1. The largest absolute Gasteiger partial charge is 0.477 e. The van der Waals surface area contributed by atoms with E-state index in [1.165, 1.54) is 5.56 Å². The quantitative estimate of drug-likeness (QED) is 0.605. The van der Waals surface area contributed by atoms with Crippen molar-refractivity contribution < 1.29 is 9.47 Å². The highest BCUT2D eigenvalue weighted by Crippen LogP contribution is 2.22. The summed E-state index contributed by atoms with van der Waals surface area (Å²) in [4.78, 5) is 4.17. The van der Waals surface area contributed by atoms with Crippen LogP contribution in [0.2, 0.25) is 0 Å². The van der Waals surface area contributed by atoms with Gasteiger partial charge in [-0.15, -0.1) is 0 Å². The molecule has 3 heteroatoms. The van der Waals surface area contributed by atoms with E-state index in [4.69, 9.17) is 9.47 Å². The first-order chi connectivity index (χ1) is 11.8. The first kappa shape index (κ1) is 16.1. The third kappa shape index (κ3) is 4.85. The van der Waals surface area contributed by atoms with Gasteiger partial charge in [-0.3, -0.25) is 0 Å². The fourth-order valence-corrected chi connectivity index (χ4v) is 2.44. The van der Waals surface area contributed by atoms with Gasteiger partial charge >= 0.3 is 0 Å². The summed E-state index contributed by atoms with van der Waals surface area (Å²) in [6.07, 6.45) is 2.70. The summed E-state index contributed by atoms with van der Waals surface area (Å²) >= 11 is 0. The van der Waals surface area contributed by atoms with E-state index in [0.717, 1.165) is 17.9 Å². The molecule has 0 bridgehead atoms. The van der Waals surface area contributed by atoms with Crippen molar-refractivity contribution in [1.82, 2.24) is 4.98 Å². The van der Waals surface area contributed by atoms with Gasteiger partial charge in [0.15, 0.2) is 0 Å². The number of para-hydroxylation sites is 1. The molecule has 0 N–H and O–H groups in total. The van der Waals surface area contributed by atoms with Gasteiger partial charge in [0.05, 0.1) is 6.61 Å². The van der Waals surface area contributed by atoms with Crippen LogP contribution in [0.1, 0.15) is 12.5 Å². The van der Waals surface area contributed by atoms with Gasteiger partial charge in [-0.25, -0.2) is 4.98 Å². The average Bonchev–Trinajstić information content (AvgIpc) is 2.63. The molecule has 1 unspecified atom stereocenters. The van der Waals surface area contributed by atoms with Crippen LogP contribution in [0, 0.1) is 5.92 Å². The van der Waals surface area contributed by atoms with Crippen molar-refractivity contribution in [3.05, 3.63) is 84.6 Å². The standard InChI is InChI=1S/C21H21NO2/c1-17(16-23-21-9-5-6-14-22-21)15-18-10-12-20(13-11-18)24-19-7-3-2-4-8-19/h2-14,17H,15-16H2,1H3. The van der Waals surface area contributed by atoms with Gasteiger partial charge in [-0.2, -0.15) is 0 Å². The van der Waals surface area contributed by atoms with Crippen LogP contribution in [0.15, 0.2) is 79.0 Å². The van der Waals surface area contributed by atoms with E-state index in [-0.39, 0.29) is 0 Å². The van der Waals surface area contributed by atoms with Crippen LogP contribution in [0.3, 0.4) is 0 Å². The van der Waals surface area contributed by atoms with Crippen LogP contribution in [0.4, 0.5) is 0 Å². The molecule has 2 aromatic carbocycles. The zero-order chi connectivity index (χ0) is 16.6. The van der Waals surface area contributed by atoms with Crippen LogP contribution < -0.4 is 9.47 Å². The molecule has 0 aliphatic heterocycles. The monoisotopic (exact) mass is 319 g/mol. The Balaban J connectivity index is 1.50. The van der Waals surface area contributed by atoms with Gasteiger partial charge in [0.25, 0.3) is 0 Å². The van der Waals surface area contributed by atoms with Crippen molar-refractivity contribution in [2.24, 2.45) is 5.92 Å². The molecule has 3 aromatic rings. The van der Waals surface area contributed by atoms with E-state index >= 15 is 0 Å². The minimum atomic E-state index is 0.410. The smallest absolute Gasteiger partial charge is 0.213 e. The molecular formula is C21H21NO2. The molecule has 24 heavy (non-hydrogen) atoms. The lowest BCUT2D eigenvalue weighted by Crippen LogP contribution is -2.11. The minimum absolute atomic E-state index is 0.410. The van der Waals surface area contributed by atoms with Crippen molar-refractivity contribution in [3.63, 3.8) is 0 Å². The van der Waals surface area contributed by atoms with Crippen LogP contribution in [0.5, 0.6) is 17.4 Å². The summed E-state index contributed by atoms with van der Waals surface area (Å²) in [5.74, 6) is 2.79. The first-order valence-electron chi connectivity index (χ1n) is 8.15. The van der Waals surface area contributed by atoms with Gasteiger partial charge in [-0.1, -0.05) is 43.3 Å². The molecule has 3 nitrogen and oxygen atoms in total. The number of ether oxygens (including phenoxy) is 2. The third-order valence-electron chi connectivity index (χ3n) is 3.64. The van der Waals surface area contributed by atoms with Crippen LogP contribution in [0.25, 0.3) is 0 Å². The van der Waals surface area contributed by atoms with Crippen molar-refractivity contribution in [2.75, 3.05) is 6.61 Å². The molecule has 3 rings (SSSR count). The van der Waals surface area contributed by atoms with Crippen molar-refractivity contribution >= 4 is 0 Å². The highest BCUT2D eigenvalue weighted by atomic mass is 16.5. The summed E-state index contributed by atoms with van der Waals surface area (Å²) in [7, 11) is 0. The molecule has 0 spiro atoms. The second-order valence-electron chi connectivity index (χ2n) is 5.85. The topological polar surface area (TPSA) is 31.4 Å². The number of benzene rings is 2. The van der Waals surface area contributed by atoms with Gasteiger partial charge in [0.1, 0.15) is 11.5 Å². The zero-order valence-corrected chi connectivity index (χ0v) is 13.8. The lowest BCUT2D eigenvalue weighted by molar-refractivity contribution is 0.250. The Morgan fingerprint density at radius 3 is 2.25 bits per heavy atom. The van der Waals surface area contributed by atoms with Gasteiger partial charge < -0.3 is 9.47 Å². The molecule has 0 fully saturated rings. The zero-order valence-electron chi connectivity index (χ0n) is 13.8. The first-order valence-corrected chi connectivity index (χ1v) is 8.15. The Hall–Kier alpha value is -2.81. The average molecular weight is 319 g/mol. The second-order valence-corrected chi connectivity index (χ2v) is 5.85. The molecule has 0 aliphatic carbocycles. The Morgan fingerprint density at radius 1 is 0.833 bits per heavy atom. The van der Waals surface area contributed by atoms with E-state index in [2.05, 4.69) is 24.0 Å². The van der Waals surface area contributed by atoms with Crippen LogP contribution >= 0.6 is 0 Å².